The molecule has 0 saturated heterocycles. The molecule has 0 aliphatic heterocycles. The quantitative estimate of drug-likeness (QED) is 0.918. The molecule has 4 nitrogen and oxygen atoms in total. The van der Waals surface area contributed by atoms with Gasteiger partial charge < -0.3 is 14.4 Å². The van der Waals surface area contributed by atoms with E-state index in [2.05, 4.69) is 0 Å². The molecular formula is C15H17NO3. The predicted octanol–water partition coefficient (Wildman–Crippen LogP) is 2.77. The molecule has 1 unspecified atom stereocenters. The van der Waals surface area contributed by atoms with Crippen LogP contribution in [-0.4, -0.2) is 22.8 Å². The van der Waals surface area contributed by atoms with Crippen LogP contribution in [0.5, 0.6) is 5.75 Å². The van der Waals surface area contributed by atoms with Crippen molar-refractivity contribution in [1.82, 2.24) is 4.57 Å². The van der Waals surface area contributed by atoms with E-state index in [9.17, 15) is 9.90 Å². The van der Waals surface area contributed by atoms with Crippen LogP contribution in [0, 0.1) is 5.92 Å². The summed E-state index contributed by atoms with van der Waals surface area (Å²) in [5, 5.41) is 10.5. The first-order chi connectivity index (χ1) is 9.11. The lowest BCUT2D eigenvalue weighted by atomic mass is 9.94. The Hall–Kier alpha value is -1.97. The van der Waals surface area contributed by atoms with Crippen molar-refractivity contribution in [2.45, 2.75) is 18.8 Å². The minimum atomic E-state index is -0.717. The second-order valence-corrected chi connectivity index (χ2v) is 5.23. The monoisotopic (exact) mass is 259 g/mol. The van der Waals surface area contributed by atoms with Gasteiger partial charge in [0.2, 0.25) is 0 Å². The maximum absolute atomic E-state index is 11.5. The van der Waals surface area contributed by atoms with Gasteiger partial charge in [0.05, 0.1) is 18.5 Å². The summed E-state index contributed by atoms with van der Waals surface area (Å²) >= 11 is 0. The standard InChI is InChI=1S/C15H17NO3/c1-16-8-12(14(15(17)18)9-3-4-9)11-6-5-10(19-2)7-13(11)16/h5-9,14H,3-4H2,1-2H3,(H,17,18). The van der Waals surface area contributed by atoms with Crippen LogP contribution in [0.3, 0.4) is 0 Å². The number of aryl methyl sites for hydroxylation is 1. The molecule has 2 aromatic rings. The molecule has 19 heavy (non-hydrogen) atoms. The fourth-order valence-electron chi connectivity index (χ4n) is 2.79. The van der Waals surface area contributed by atoms with Crippen molar-refractivity contribution in [2.24, 2.45) is 13.0 Å². The van der Waals surface area contributed by atoms with Crippen molar-refractivity contribution >= 4 is 16.9 Å². The molecule has 1 aliphatic rings. The second kappa shape index (κ2) is 4.30. The Bertz CT molecular complexity index is 640. The van der Waals surface area contributed by atoms with E-state index in [0.717, 1.165) is 35.1 Å². The molecule has 1 aliphatic carbocycles. The van der Waals surface area contributed by atoms with E-state index in [1.54, 1.807) is 7.11 Å². The normalized spacial score (nSPS) is 16.5. The van der Waals surface area contributed by atoms with Gasteiger partial charge in [0, 0.05) is 24.7 Å². The highest BCUT2D eigenvalue weighted by Crippen LogP contribution is 2.45. The first-order valence-electron chi connectivity index (χ1n) is 6.47. The Kier molecular flexibility index (Phi) is 2.73. The van der Waals surface area contributed by atoms with Gasteiger partial charge in [-0.15, -0.1) is 0 Å². The molecule has 1 aromatic carbocycles. The number of benzene rings is 1. The number of hydrogen-bond acceptors (Lipinski definition) is 2. The summed E-state index contributed by atoms with van der Waals surface area (Å²) < 4.78 is 7.20. The van der Waals surface area contributed by atoms with Crippen molar-refractivity contribution < 1.29 is 14.6 Å². The van der Waals surface area contributed by atoms with E-state index in [-0.39, 0.29) is 5.92 Å². The molecule has 4 heteroatoms. The molecule has 1 N–H and O–H groups in total. The number of nitrogens with zero attached hydrogens (tertiary/aromatic N) is 1. The summed E-state index contributed by atoms with van der Waals surface area (Å²) in [7, 11) is 3.58. The minimum absolute atomic E-state index is 0.296. The number of rotatable bonds is 4. The van der Waals surface area contributed by atoms with E-state index < -0.39 is 5.97 Å². The smallest absolute Gasteiger partial charge is 0.311 e. The third-order valence-electron chi connectivity index (χ3n) is 3.92. The van der Waals surface area contributed by atoms with Gasteiger partial charge in [-0.25, -0.2) is 0 Å². The summed E-state index contributed by atoms with van der Waals surface area (Å²) in [6, 6.07) is 5.80. The first kappa shape index (κ1) is 12.1. The van der Waals surface area contributed by atoms with Crippen molar-refractivity contribution in [3.8, 4) is 5.75 Å². The number of ether oxygens (including phenoxy) is 1. The van der Waals surface area contributed by atoms with E-state index in [1.165, 1.54) is 0 Å². The predicted molar refractivity (Wildman–Crippen MR) is 72.6 cm³/mol. The van der Waals surface area contributed by atoms with Gasteiger partial charge in [-0.3, -0.25) is 4.79 Å². The SMILES string of the molecule is COc1ccc2c(C(C(=O)O)C3CC3)cn(C)c2c1. The maximum atomic E-state index is 11.5. The summed E-state index contributed by atoms with van der Waals surface area (Å²) in [4.78, 5) is 11.5. The highest BCUT2D eigenvalue weighted by molar-refractivity contribution is 5.91. The third kappa shape index (κ3) is 1.97. The number of aromatic nitrogens is 1. The number of carbonyl (C=O) groups is 1. The van der Waals surface area contributed by atoms with Crippen LogP contribution in [0.25, 0.3) is 10.9 Å². The molecule has 0 bridgehead atoms. The molecule has 1 atom stereocenters. The summed E-state index contributed by atoms with van der Waals surface area (Å²) in [6.07, 6.45) is 3.98. The topological polar surface area (TPSA) is 51.5 Å². The summed E-state index contributed by atoms with van der Waals surface area (Å²) in [6.45, 7) is 0. The van der Waals surface area contributed by atoms with E-state index >= 15 is 0 Å². The Morgan fingerprint density at radius 2 is 2.21 bits per heavy atom. The number of aliphatic carboxylic acids is 1. The Labute approximate surface area is 111 Å². The molecule has 3 rings (SSSR count). The van der Waals surface area contributed by atoms with Crippen molar-refractivity contribution in [3.05, 3.63) is 30.0 Å². The zero-order chi connectivity index (χ0) is 13.6. The Morgan fingerprint density at radius 1 is 1.47 bits per heavy atom. The lowest BCUT2D eigenvalue weighted by Crippen LogP contribution is -2.13. The highest BCUT2D eigenvalue weighted by Gasteiger charge is 2.38. The fourth-order valence-corrected chi connectivity index (χ4v) is 2.79. The van der Waals surface area contributed by atoms with Gasteiger partial charge in [0.25, 0.3) is 0 Å². The average Bonchev–Trinajstić information content (AvgIpc) is 3.16. The third-order valence-corrected chi connectivity index (χ3v) is 3.92. The van der Waals surface area contributed by atoms with E-state index in [0.29, 0.717) is 5.92 Å². The van der Waals surface area contributed by atoms with Crippen LogP contribution in [0.1, 0.15) is 24.3 Å². The zero-order valence-electron chi connectivity index (χ0n) is 11.1. The van der Waals surface area contributed by atoms with Crippen molar-refractivity contribution in [1.29, 1.82) is 0 Å². The molecule has 0 spiro atoms. The van der Waals surface area contributed by atoms with Gasteiger partial charge >= 0.3 is 5.97 Å². The Balaban J connectivity index is 2.16. The van der Waals surface area contributed by atoms with Crippen LogP contribution in [0.4, 0.5) is 0 Å². The number of carboxylic acids is 1. The number of carboxylic acid groups (broad SMARTS) is 1. The van der Waals surface area contributed by atoms with Crippen LogP contribution >= 0.6 is 0 Å². The largest absolute Gasteiger partial charge is 0.497 e. The van der Waals surface area contributed by atoms with Gasteiger partial charge in [-0.05, 0) is 36.5 Å². The lowest BCUT2D eigenvalue weighted by molar-refractivity contribution is -0.139. The number of fused-ring (bicyclic) bond motifs is 1. The summed E-state index contributed by atoms with van der Waals surface area (Å²) in [5.41, 5.74) is 1.94. The second-order valence-electron chi connectivity index (χ2n) is 5.23. The van der Waals surface area contributed by atoms with Gasteiger partial charge in [-0.2, -0.15) is 0 Å². The molecule has 0 radical (unpaired) electrons. The molecule has 1 fully saturated rings. The van der Waals surface area contributed by atoms with Crippen molar-refractivity contribution in [3.63, 3.8) is 0 Å². The molecule has 0 amide bonds. The molecule has 1 saturated carbocycles. The highest BCUT2D eigenvalue weighted by atomic mass is 16.5. The molecule has 1 aromatic heterocycles. The zero-order valence-corrected chi connectivity index (χ0v) is 11.1. The first-order valence-corrected chi connectivity index (χ1v) is 6.47. The van der Waals surface area contributed by atoms with Gasteiger partial charge in [0.15, 0.2) is 0 Å². The fraction of sp³-hybridized carbons (Fsp3) is 0.400. The van der Waals surface area contributed by atoms with Crippen LogP contribution in [-0.2, 0) is 11.8 Å². The van der Waals surface area contributed by atoms with Crippen LogP contribution < -0.4 is 4.74 Å². The minimum Gasteiger partial charge on any atom is -0.497 e. The maximum Gasteiger partial charge on any atom is 0.311 e. The molecule has 100 valence electrons. The molecular weight excluding hydrogens is 242 g/mol. The molecule has 1 heterocycles. The number of hydrogen-bond donors (Lipinski definition) is 1. The van der Waals surface area contributed by atoms with Crippen LogP contribution in [0.15, 0.2) is 24.4 Å². The summed E-state index contributed by atoms with van der Waals surface area (Å²) in [5.74, 6) is -0.00772. The van der Waals surface area contributed by atoms with Crippen LogP contribution in [0.2, 0.25) is 0 Å². The van der Waals surface area contributed by atoms with Crippen molar-refractivity contribution in [2.75, 3.05) is 7.11 Å². The lowest BCUT2D eigenvalue weighted by Gasteiger charge is -2.10. The van der Waals surface area contributed by atoms with E-state index in [4.69, 9.17) is 4.74 Å². The van der Waals surface area contributed by atoms with Gasteiger partial charge in [-0.1, -0.05) is 0 Å². The number of methoxy groups -OCH3 is 1. The average molecular weight is 259 g/mol. The van der Waals surface area contributed by atoms with E-state index in [1.807, 2.05) is 36.0 Å². The van der Waals surface area contributed by atoms with Gasteiger partial charge in [0.1, 0.15) is 5.75 Å². The Morgan fingerprint density at radius 3 is 2.79 bits per heavy atom.